The summed E-state index contributed by atoms with van der Waals surface area (Å²) in [7, 11) is 0. The number of amides is 3. The van der Waals surface area contributed by atoms with Crippen molar-refractivity contribution < 1.29 is 9.59 Å². The van der Waals surface area contributed by atoms with Gasteiger partial charge in [-0.25, -0.2) is 14.8 Å². The molecule has 0 aliphatic carbocycles. The Morgan fingerprint density at radius 1 is 1.33 bits per heavy atom. The molecule has 0 saturated carbocycles. The number of nitrogens with zero attached hydrogens (tertiary/aromatic N) is 3. The Balaban J connectivity index is 1.78. The van der Waals surface area contributed by atoms with Crippen LogP contribution in [0, 0.1) is 0 Å². The maximum absolute atomic E-state index is 11.6. The van der Waals surface area contributed by atoms with Crippen LogP contribution in [-0.4, -0.2) is 48.8 Å². The molecule has 2 rings (SSSR count). The van der Waals surface area contributed by atoms with Crippen molar-refractivity contribution >= 4 is 23.5 Å². The van der Waals surface area contributed by atoms with Crippen molar-refractivity contribution in [3.8, 4) is 0 Å². The lowest BCUT2D eigenvalue weighted by atomic mass is 10.3. The number of aliphatic imine (C=N–C) groups is 1. The summed E-state index contributed by atoms with van der Waals surface area (Å²) in [6, 6.07) is 5.39. The van der Waals surface area contributed by atoms with Crippen molar-refractivity contribution in [1.29, 1.82) is 0 Å². The van der Waals surface area contributed by atoms with Crippen LogP contribution in [0.2, 0.25) is 0 Å². The van der Waals surface area contributed by atoms with Gasteiger partial charge in [-0.05, 0) is 12.1 Å². The standard InChI is InChI=1S/C14H19N5O2/c1-11(20)15-7-8-17-14(21)18-12-5-9-19(10-12)13-4-2-3-6-16-13/h2-4,6H,5,7-10H2,1H3,(H,15,20)(H,17,21). The van der Waals surface area contributed by atoms with Crippen molar-refractivity contribution in [3.63, 3.8) is 0 Å². The van der Waals surface area contributed by atoms with Gasteiger partial charge in [-0.2, -0.15) is 0 Å². The summed E-state index contributed by atoms with van der Waals surface area (Å²) in [5.41, 5.74) is 0.845. The van der Waals surface area contributed by atoms with Crippen LogP contribution in [0.25, 0.3) is 0 Å². The van der Waals surface area contributed by atoms with Gasteiger partial charge in [-0.3, -0.25) is 4.79 Å². The zero-order chi connectivity index (χ0) is 15.1. The lowest BCUT2D eigenvalue weighted by Gasteiger charge is -2.14. The highest BCUT2D eigenvalue weighted by Gasteiger charge is 2.19. The highest BCUT2D eigenvalue weighted by atomic mass is 16.2. The average molecular weight is 289 g/mol. The molecule has 0 atom stereocenters. The van der Waals surface area contributed by atoms with Crippen LogP contribution in [-0.2, 0) is 4.79 Å². The quantitative estimate of drug-likeness (QED) is 0.794. The SMILES string of the molecule is CC(=O)NCCNC(=O)N=C1CCN(c2ccccn2)C1. The van der Waals surface area contributed by atoms with Gasteiger partial charge in [0.1, 0.15) is 5.82 Å². The van der Waals surface area contributed by atoms with Gasteiger partial charge in [0.25, 0.3) is 0 Å². The van der Waals surface area contributed by atoms with Crippen LogP contribution in [0.15, 0.2) is 29.4 Å². The molecule has 0 spiro atoms. The van der Waals surface area contributed by atoms with Gasteiger partial charge in [-0.1, -0.05) is 6.07 Å². The minimum Gasteiger partial charge on any atom is -0.355 e. The molecule has 21 heavy (non-hydrogen) atoms. The zero-order valence-corrected chi connectivity index (χ0v) is 12.0. The molecule has 0 aromatic carbocycles. The lowest BCUT2D eigenvalue weighted by Crippen LogP contribution is -2.32. The molecule has 1 aromatic heterocycles. The van der Waals surface area contributed by atoms with E-state index in [1.165, 1.54) is 6.92 Å². The second kappa shape index (κ2) is 7.37. The van der Waals surface area contributed by atoms with E-state index in [9.17, 15) is 9.59 Å². The Morgan fingerprint density at radius 2 is 2.14 bits per heavy atom. The third kappa shape index (κ3) is 4.87. The predicted molar refractivity (Wildman–Crippen MR) is 80.6 cm³/mol. The molecule has 0 unspecified atom stereocenters. The number of anilines is 1. The number of nitrogens with one attached hydrogen (secondary N) is 2. The Morgan fingerprint density at radius 3 is 2.86 bits per heavy atom. The van der Waals surface area contributed by atoms with E-state index in [-0.39, 0.29) is 11.9 Å². The summed E-state index contributed by atoms with van der Waals surface area (Å²) in [6.45, 7) is 3.66. The maximum Gasteiger partial charge on any atom is 0.340 e. The van der Waals surface area contributed by atoms with Crippen molar-refractivity contribution in [3.05, 3.63) is 24.4 Å². The minimum absolute atomic E-state index is 0.114. The number of urea groups is 1. The Kier molecular flexibility index (Phi) is 5.25. The van der Waals surface area contributed by atoms with E-state index in [4.69, 9.17) is 0 Å². The van der Waals surface area contributed by atoms with Gasteiger partial charge in [0.2, 0.25) is 5.91 Å². The summed E-state index contributed by atoms with van der Waals surface area (Å²) in [6.07, 6.45) is 2.51. The van der Waals surface area contributed by atoms with Crippen LogP contribution >= 0.6 is 0 Å². The normalized spacial score (nSPS) is 16.0. The zero-order valence-electron chi connectivity index (χ0n) is 12.0. The lowest BCUT2D eigenvalue weighted by molar-refractivity contribution is -0.118. The molecular formula is C14H19N5O2. The topological polar surface area (TPSA) is 86.7 Å². The molecule has 0 bridgehead atoms. The van der Waals surface area contributed by atoms with E-state index >= 15 is 0 Å². The van der Waals surface area contributed by atoms with Crippen LogP contribution in [0.4, 0.5) is 10.6 Å². The Labute approximate surface area is 123 Å². The number of rotatable bonds is 4. The van der Waals surface area contributed by atoms with E-state index in [2.05, 4.69) is 25.5 Å². The number of hydrogen-bond donors (Lipinski definition) is 2. The van der Waals surface area contributed by atoms with Gasteiger partial charge in [0.15, 0.2) is 0 Å². The molecule has 1 aromatic rings. The Hall–Kier alpha value is -2.44. The third-order valence-corrected chi connectivity index (χ3v) is 3.05. The van der Waals surface area contributed by atoms with E-state index in [0.29, 0.717) is 19.6 Å². The van der Waals surface area contributed by atoms with Gasteiger partial charge >= 0.3 is 6.03 Å². The minimum atomic E-state index is -0.363. The molecule has 1 saturated heterocycles. The molecule has 2 N–H and O–H groups in total. The van der Waals surface area contributed by atoms with E-state index in [1.807, 2.05) is 18.2 Å². The fourth-order valence-electron chi connectivity index (χ4n) is 2.06. The largest absolute Gasteiger partial charge is 0.355 e. The van der Waals surface area contributed by atoms with Crippen LogP contribution in [0.1, 0.15) is 13.3 Å². The second-order valence-electron chi connectivity index (χ2n) is 4.75. The number of pyridine rings is 1. The van der Waals surface area contributed by atoms with Crippen LogP contribution in [0.3, 0.4) is 0 Å². The highest BCUT2D eigenvalue weighted by molar-refractivity contribution is 5.99. The van der Waals surface area contributed by atoms with E-state index < -0.39 is 0 Å². The predicted octanol–water partition coefficient (Wildman–Crippen LogP) is 0.578. The van der Waals surface area contributed by atoms with E-state index in [0.717, 1.165) is 24.5 Å². The average Bonchev–Trinajstić information content (AvgIpc) is 2.93. The second-order valence-corrected chi connectivity index (χ2v) is 4.75. The van der Waals surface area contributed by atoms with Crippen molar-refractivity contribution in [2.75, 3.05) is 31.1 Å². The monoisotopic (exact) mass is 289 g/mol. The molecule has 7 heteroatoms. The fraction of sp³-hybridized carbons (Fsp3) is 0.429. The molecule has 1 aliphatic rings. The van der Waals surface area contributed by atoms with Crippen LogP contribution < -0.4 is 15.5 Å². The van der Waals surface area contributed by atoms with Crippen molar-refractivity contribution in [2.24, 2.45) is 4.99 Å². The first-order valence-electron chi connectivity index (χ1n) is 6.90. The van der Waals surface area contributed by atoms with Gasteiger partial charge < -0.3 is 15.5 Å². The molecule has 0 radical (unpaired) electrons. The van der Waals surface area contributed by atoms with Gasteiger partial charge in [0.05, 0.1) is 6.54 Å². The molecule has 3 amide bonds. The number of carbonyl (C=O) groups excluding carboxylic acids is 2. The van der Waals surface area contributed by atoms with Crippen molar-refractivity contribution in [1.82, 2.24) is 15.6 Å². The summed E-state index contributed by atoms with van der Waals surface area (Å²) >= 11 is 0. The number of hydrogen-bond acceptors (Lipinski definition) is 4. The first-order chi connectivity index (χ1) is 10.1. The molecule has 1 aliphatic heterocycles. The fourth-order valence-corrected chi connectivity index (χ4v) is 2.06. The summed E-state index contributed by atoms with van der Waals surface area (Å²) in [5.74, 6) is 0.783. The first kappa shape index (κ1) is 15.0. The molecule has 1 fully saturated rings. The maximum atomic E-state index is 11.6. The van der Waals surface area contributed by atoms with E-state index in [1.54, 1.807) is 6.20 Å². The molecule has 2 heterocycles. The molecular weight excluding hydrogens is 270 g/mol. The van der Waals surface area contributed by atoms with Crippen LogP contribution in [0.5, 0.6) is 0 Å². The number of aromatic nitrogens is 1. The van der Waals surface area contributed by atoms with Gasteiger partial charge in [-0.15, -0.1) is 0 Å². The molecule has 7 nitrogen and oxygen atoms in total. The Bertz CT molecular complexity index is 529. The number of carbonyl (C=O) groups is 2. The summed E-state index contributed by atoms with van der Waals surface area (Å²) in [5, 5.41) is 5.25. The van der Waals surface area contributed by atoms with Crippen molar-refractivity contribution in [2.45, 2.75) is 13.3 Å². The summed E-state index contributed by atoms with van der Waals surface area (Å²) in [4.78, 5) is 32.7. The molecule has 112 valence electrons. The third-order valence-electron chi connectivity index (χ3n) is 3.05. The smallest absolute Gasteiger partial charge is 0.340 e. The highest BCUT2D eigenvalue weighted by Crippen LogP contribution is 2.15. The summed E-state index contributed by atoms with van der Waals surface area (Å²) < 4.78 is 0. The first-order valence-corrected chi connectivity index (χ1v) is 6.90. The van der Waals surface area contributed by atoms with Gasteiger partial charge in [0, 0.05) is 44.9 Å².